The highest BCUT2D eigenvalue weighted by Gasteiger charge is 2.41. The summed E-state index contributed by atoms with van der Waals surface area (Å²) in [7, 11) is 1.26. The number of hydrogen-bond acceptors (Lipinski definition) is 5. The number of nitro groups is 1. The van der Waals surface area contributed by atoms with E-state index in [0.717, 1.165) is 6.07 Å². The van der Waals surface area contributed by atoms with Gasteiger partial charge in [0.15, 0.2) is 5.75 Å². The van der Waals surface area contributed by atoms with Gasteiger partial charge in [0, 0.05) is 30.4 Å². The number of nitrogens with one attached hydrogen (secondary N) is 1. The molecule has 1 N–H and O–H groups in total. The average Bonchev–Trinajstić information content (AvgIpc) is 2.70. The maximum Gasteiger partial charge on any atom is 0.471 e. The normalized spacial score (nSPS) is 11.0. The highest BCUT2D eigenvalue weighted by atomic mass is 19.4. The lowest BCUT2D eigenvalue weighted by Gasteiger charge is -2.22. The third-order valence-corrected chi connectivity index (χ3v) is 4.11. The predicted molar refractivity (Wildman–Crippen MR) is 101 cm³/mol. The molecule has 0 atom stereocenters. The Morgan fingerprint density at radius 1 is 1.20 bits per heavy atom. The number of ether oxygens (including phenoxy) is 1. The summed E-state index contributed by atoms with van der Waals surface area (Å²) in [6.45, 7) is 0.975. The number of hydrogen-bond donors (Lipinski definition) is 1. The summed E-state index contributed by atoms with van der Waals surface area (Å²) >= 11 is 0. The fourth-order valence-corrected chi connectivity index (χ4v) is 2.65. The summed E-state index contributed by atoms with van der Waals surface area (Å²) in [6.07, 6.45) is -4.98. The molecule has 0 aliphatic carbocycles. The van der Waals surface area contributed by atoms with Crippen LogP contribution in [0.5, 0.6) is 5.75 Å². The maximum absolute atomic E-state index is 12.7. The van der Waals surface area contributed by atoms with Gasteiger partial charge in [0.1, 0.15) is 0 Å². The van der Waals surface area contributed by atoms with E-state index in [1.165, 1.54) is 50.4 Å². The highest BCUT2D eigenvalue weighted by Crippen LogP contribution is 2.28. The second-order valence-corrected chi connectivity index (χ2v) is 6.12. The second kappa shape index (κ2) is 9.25. The Balaban J connectivity index is 2.19. The number of methoxy groups -OCH3 is 1. The number of benzene rings is 2. The van der Waals surface area contributed by atoms with Gasteiger partial charge in [-0.3, -0.25) is 19.7 Å². The molecule has 2 amide bonds. The monoisotopic (exact) mass is 425 g/mol. The van der Waals surface area contributed by atoms with Gasteiger partial charge >= 0.3 is 17.8 Å². The zero-order valence-electron chi connectivity index (χ0n) is 16.0. The summed E-state index contributed by atoms with van der Waals surface area (Å²) in [5.74, 6) is -2.62. The summed E-state index contributed by atoms with van der Waals surface area (Å²) < 4.78 is 42.9. The van der Waals surface area contributed by atoms with Crippen LogP contribution in [0.15, 0.2) is 42.5 Å². The van der Waals surface area contributed by atoms with Crippen molar-refractivity contribution in [3.63, 3.8) is 0 Å². The van der Waals surface area contributed by atoms with Crippen LogP contribution in [0.2, 0.25) is 0 Å². The van der Waals surface area contributed by atoms with E-state index < -0.39 is 22.9 Å². The molecule has 11 heteroatoms. The van der Waals surface area contributed by atoms with E-state index in [2.05, 4.69) is 5.32 Å². The molecule has 0 aromatic heterocycles. The van der Waals surface area contributed by atoms with Gasteiger partial charge in [-0.25, -0.2) is 0 Å². The number of rotatable bonds is 7. The van der Waals surface area contributed by atoms with Gasteiger partial charge in [-0.05, 0) is 36.8 Å². The molecule has 0 spiro atoms. The van der Waals surface area contributed by atoms with Crippen molar-refractivity contribution in [3.8, 4) is 5.75 Å². The van der Waals surface area contributed by atoms with Gasteiger partial charge in [-0.1, -0.05) is 12.1 Å². The smallest absolute Gasteiger partial charge is 0.471 e. The van der Waals surface area contributed by atoms with Crippen molar-refractivity contribution in [2.75, 3.05) is 19.0 Å². The zero-order chi connectivity index (χ0) is 22.5. The number of anilines is 1. The minimum Gasteiger partial charge on any atom is -0.490 e. The molecule has 0 bridgehead atoms. The largest absolute Gasteiger partial charge is 0.490 e. The van der Waals surface area contributed by atoms with Crippen molar-refractivity contribution in [2.45, 2.75) is 19.6 Å². The lowest BCUT2D eigenvalue weighted by molar-refractivity contribution is -0.385. The minimum atomic E-state index is -4.98. The molecule has 30 heavy (non-hydrogen) atoms. The van der Waals surface area contributed by atoms with Crippen molar-refractivity contribution >= 4 is 23.2 Å². The van der Waals surface area contributed by atoms with Gasteiger partial charge in [0.05, 0.1) is 12.0 Å². The molecule has 0 aliphatic rings. The van der Waals surface area contributed by atoms with E-state index in [0.29, 0.717) is 10.5 Å². The molecular weight excluding hydrogens is 407 g/mol. The lowest BCUT2D eigenvalue weighted by atomic mass is 10.1. The summed E-state index contributed by atoms with van der Waals surface area (Å²) in [5, 5.41) is 13.6. The van der Waals surface area contributed by atoms with E-state index in [1.807, 2.05) is 0 Å². The van der Waals surface area contributed by atoms with Gasteiger partial charge in [-0.2, -0.15) is 13.2 Å². The van der Waals surface area contributed by atoms with Crippen LogP contribution in [-0.2, 0) is 11.3 Å². The van der Waals surface area contributed by atoms with Gasteiger partial charge in [-0.15, -0.1) is 0 Å². The third kappa shape index (κ3) is 5.46. The fourth-order valence-electron chi connectivity index (χ4n) is 2.65. The number of carbonyl (C=O) groups is 2. The van der Waals surface area contributed by atoms with E-state index >= 15 is 0 Å². The van der Waals surface area contributed by atoms with Crippen LogP contribution in [0.3, 0.4) is 0 Å². The SMILES string of the molecule is CCN(Cc1cccc(NC(=O)c2ccc(OC)c([N+](=O)[O-])c2)c1)C(=O)C(F)(F)F. The van der Waals surface area contributed by atoms with Crippen LogP contribution in [-0.4, -0.2) is 41.5 Å². The van der Waals surface area contributed by atoms with E-state index in [1.54, 1.807) is 0 Å². The van der Waals surface area contributed by atoms with Crippen LogP contribution in [0, 0.1) is 10.1 Å². The molecule has 0 fully saturated rings. The van der Waals surface area contributed by atoms with Crippen LogP contribution < -0.4 is 10.1 Å². The second-order valence-electron chi connectivity index (χ2n) is 6.12. The number of amides is 2. The van der Waals surface area contributed by atoms with Crippen molar-refractivity contribution in [2.24, 2.45) is 0 Å². The molecule has 0 unspecified atom stereocenters. The molecule has 2 rings (SSSR count). The molecule has 2 aromatic carbocycles. The summed E-state index contributed by atoms with van der Waals surface area (Å²) in [4.78, 5) is 34.9. The number of nitrogens with zero attached hydrogens (tertiary/aromatic N) is 2. The van der Waals surface area contributed by atoms with Crippen molar-refractivity contribution in [3.05, 3.63) is 63.7 Å². The van der Waals surface area contributed by atoms with E-state index in [4.69, 9.17) is 4.74 Å². The molecule has 2 aromatic rings. The quantitative estimate of drug-likeness (QED) is 0.538. The van der Waals surface area contributed by atoms with Crippen molar-refractivity contribution < 1.29 is 32.4 Å². The number of carbonyl (C=O) groups excluding carboxylic acids is 2. The standard InChI is InChI=1S/C19H18F3N3O5/c1-3-24(18(27)19(20,21)22)11-12-5-4-6-14(9-12)23-17(26)13-7-8-16(30-2)15(10-13)25(28)29/h4-10H,3,11H2,1-2H3,(H,23,26). The number of halogens is 3. The van der Waals surface area contributed by atoms with Crippen molar-refractivity contribution in [1.82, 2.24) is 4.90 Å². The minimum absolute atomic E-state index is 0.00432. The fraction of sp³-hybridized carbons (Fsp3) is 0.263. The first-order chi connectivity index (χ1) is 14.1. The first kappa shape index (κ1) is 22.7. The molecular formula is C19H18F3N3O5. The number of nitro benzene ring substituents is 1. The van der Waals surface area contributed by atoms with Gasteiger partial charge in [0.25, 0.3) is 5.91 Å². The molecule has 0 saturated carbocycles. The molecule has 8 nitrogen and oxygen atoms in total. The highest BCUT2D eigenvalue weighted by molar-refractivity contribution is 6.04. The third-order valence-electron chi connectivity index (χ3n) is 4.11. The summed E-state index contributed by atoms with van der Waals surface area (Å²) in [6, 6.07) is 9.62. The van der Waals surface area contributed by atoms with Crippen molar-refractivity contribution in [1.29, 1.82) is 0 Å². The van der Waals surface area contributed by atoms with Crippen LogP contribution >= 0.6 is 0 Å². The first-order valence-electron chi connectivity index (χ1n) is 8.65. The summed E-state index contributed by atoms with van der Waals surface area (Å²) in [5.41, 5.74) is 0.234. The Hall–Kier alpha value is -3.63. The molecule has 160 valence electrons. The van der Waals surface area contributed by atoms with Gasteiger partial charge in [0.2, 0.25) is 0 Å². The van der Waals surface area contributed by atoms with Crippen LogP contribution in [0.25, 0.3) is 0 Å². The Labute approximate surface area is 169 Å². The van der Waals surface area contributed by atoms with E-state index in [9.17, 15) is 32.9 Å². The first-order valence-corrected chi connectivity index (χ1v) is 8.65. The van der Waals surface area contributed by atoms with Crippen LogP contribution in [0.1, 0.15) is 22.8 Å². The van der Waals surface area contributed by atoms with Crippen LogP contribution in [0.4, 0.5) is 24.5 Å². The Morgan fingerprint density at radius 2 is 1.90 bits per heavy atom. The molecule has 0 saturated heterocycles. The predicted octanol–water partition coefficient (Wildman–Crippen LogP) is 3.77. The van der Waals surface area contributed by atoms with E-state index in [-0.39, 0.29) is 35.8 Å². The molecule has 0 aliphatic heterocycles. The zero-order valence-corrected chi connectivity index (χ0v) is 16.0. The van der Waals surface area contributed by atoms with Gasteiger partial charge < -0.3 is 15.0 Å². The maximum atomic E-state index is 12.7. The Kier molecular flexibility index (Phi) is 6.98. The topological polar surface area (TPSA) is 102 Å². The Bertz CT molecular complexity index is 963. The number of alkyl halides is 3. The average molecular weight is 425 g/mol. The lowest BCUT2D eigenvalue weighted by Crippen LogP contribution is -2.40. The molecule has 0 radical (unpaired) electrons. The Morgan fingerprint density at radius 3 is 2.47 bits per heavy atom. The molecule has 0 heterocycles.